The minimum absolute atomic E-state index is 0.0181. The Kier molecular flexibility index (Phi) is 5.56. The first-order valence-electron chi connectivity index (χ1n) is 8.63. The Hall–Kier alpha value is -2.41. The van der Waals surface area contributed by atoms with Crippen molar-refractivity contribution in [3.63, 3.8) is 0 Å². The van der Waals surface area contributed by atoms with Crippen LogP contribution in [0.2, 0.25) is 0 Å². The van der Waals surface area contributed by atoms with Gasteiger partial charge in [0.1, 0.15) is 12.3 Å². The monoisotopic (exact) mass is 373 g/mol. The van der Waals surface area contributed by atoms with Gasteiger partial charge in [-0.2, -0.15) is 0 Å². The maximum absolute atomic E-state index is 12.9. The molecular weight excluding hydrogens is 350 g/mol. The number of aromatic nitrogens is 1. The second-order valence-corrected chi connectivity index (χ2v) is 7.77. The van der Waals surface area contributed by atoms with E-state index in [4.69, 9.17) is 4.74 Å². The van der Waals surface area contributed by atoms with Crippen molar-refractivity contribution < 1.29 is 14.3 Å². The second kappa shape index (κ2) is 7.86. The van der Waals surface area contributed by atoms with Gasteiger partial charge in [-0.3, -0.25) is 9.59 Å². The third-order valence-electron chi connectivity index (χ3n) is 4.39. The molecule has 1 saturated carbocycles. The highest BCUT2D eigenvalue weighted by Crippen LogP contribution is 2.30. The van der Waals surface area contributed by atoms with Crippen molar-refractivity contribution in [3.05, 3.63) is 40.4 Å². The fourth-order valence-corrected chi connectivity index (χ4v) is 3.46. The van der Waals surface area contributed by atoms with Gasteiger partial charge in [0.2, 0.25) is 5.91 Å². The molecule has 6 nitrogen and oxygen atoms in total. The molecule has 0 bridgehead atoms. The third kappa shape index (κ3) is 4.60. The average Bonchev–Trinajstić information content (AvgIpc) is 3.38. The van der Waals surface area contributed by atoms with Crippen LogP contribution in [0.3, 0.4) is 0 Å². The number of methoxy groups -OCH3 is 1. The van der Waals surface area contributed by atoms with Crippen LogP contribution < -0.4 is 10.1 Å². The molecule has 7 heteroatoms. The number of aryl methyl sites for hydroxylation is 2. The highest BCUT2D eigenvalue weighted by Gasteiger charge is 2.29. The maximum Gasteiger partial charge on any atom is 0.254 e. The first-order chi connectivity index (χ1) is 12.5. The summed E-state index contributed by atoms with van der Waals surface area (Å²) in [6, 6.07) is 7.02. The van der Waals surface area contributed by atoms with Crippen molar-refractivity contribution in [1.82, 2.24) is 9.88 Å². The zero-order valence-electron chi connectivity index (χ0n) is 15.2. The second-order valence-electron chi connectivity index (χ2n) is 6.57. The van der Waals surface area contributed by atoms with Crippen LogP contribution in [0, 0.1) is 19.8 Å². The molecule has 0 unspecified atom stereocenters. The van der Waals surface area contributed by atoms with Gasteiger partial charge in [0.05, 0.1) is 12.8 Å². The summed E-state index contributed by atoms with van der Waals surface area (Å²) in [7, 11) is 1.57. The molecular formula is C19H23N3O3S. The fourth-order valence-electron chi connectivity index (χ4n) is 2.63. The van der Waals surface area contributed by atoms with Gasteiger partial charge in [-0.05, 0) is 50.8 Å². The number of nitrogens with one attached hydrogen (secondary N) is 1. The van der Waals surface area contributed by atoms with Crippen LogP contribution in [0.1, 0.15) is 33.8 Å². The van der Waals surface area contributed by atoms with E-state index in [-0.39, 0.29) is 18.4 Å². The molecule has 1 aliphatic carbocycles. The van der Waals surface area contributed by atoms with Crippen LogP contribution in [0.15, 0.2) is 24.3 Å². The van der Waals surface area contributed by atoms with E-state index in [9.17, 15) is 9.59 Å². The number of amides is 2. The van der Waals surface area contributed by atoms with E-state index >= 15 is 0 Å². The molecule has 3 rings (SSSR count). The Morgan fingerprint density at radius 1 is 1.35 bits per heavy atom. The molecule has 1 aliphatic rings. The zero-order valence-corrected chi connectivity index (χ0v) is 16.1. The first kappa shape index (κ1) is 18.4. The minimum Gasteiger partial charge on any atom is -0.497 e. The molecule has 2 amide bonds. The maximum atomic E-state index is 12.9. The lowest BCUT2D eigenvalue weighted by molar-refractivity contribution is -0.116. The standard InChI is InChI=1S/C19H23N3O3S/c1-12-13(2)26-19(20-12)21-17(23)11-22(10-14-7-8-14)18(24)15-5-4-6-16(9-15)25-3/h4-6,9,14H,7-8,10-11H2,1-3H3,(H,20,21,23). The van der Waals surface area contributed by atoms with Gasteiger partial charge in [0.25, 0.3) is 5.91 Å². The van der Waals surface area contributed by atoms with Gasteiger partial charge in [-0.15, -0.1) is 11.3 Å². The van der Waals surface area contributed by atoms with Crippen LogP contribution >= 0.6 is 11.3 Å². The summed E-state index contributed by atoms with van der Waals surface area (Å²) in [4.78, 5) is 32.4. The highest BCUT2D eigenvalue weighted by molar-refractivity contribution is 7.15. The molecule has 0 spiro atoms. The smallest absolute Gasteiger partial charge is 0.254 e. The highest BCUT2D eigenvalue weighted by atomic mass is 32.1. The molecule has 0 aliphatic heterocycles. The van der Waals surface area contributed by atoms with Gasteiger partial charge < -0.3 is 15.0 Å². The number of anilines is 1. The number of rotatable bonds is 7. The van der Waals surface area contributed by atoms with Crippen molar-refractivity contribution in [2.45, 2.75) is 26.7 Å². The zero-order chi connectivity index (χ0) is 18.7. The summed E-state index contributed by atoms with van der Waals surface area (Å²) in [5, 5.41) is 3.38. The van der Waals surface area contributed by atoms with Crippen LogP contribution in [0.25, 0.3) is 0 Å². The Morgan fingerprint density at radius 3 is 2.73 bits per heavy atom. The molecule has 1 aromatic heterocycles. The van der Waals surface area contributed by atoms with Crippen LogP contribution in [-0.2, 0) is 4.79 Å². The quantitative estimate of drug-likeness (QED) is 0.809. The number of carbonyl (C=O) groups excluding carboxylic acids is 2. The summed E-state index contributed by atoms with van der Waals surface area (Å²) in [5.41, 5.74) is 1.44. The van der Waals surface area contributed by atoms with E-state index in [1.807, 2.05) is 13.8 Å². The number of hydrogen-bond acceptors (Lipinski definition) is 5. The van der Waals surface area contributed by atoms with Gasteiger partial charge in [-0.1, -0.05) is 6.07 Å². The largest absolute Gasteiger partial charge is 0.497 e. The fraction of sp³-hybridized carbons (Fsp3) is 0.421. The SMILES string of the molecule is COc1cccc(C(=O)N(CC(=O)Nc2nc(C)c(C)s2)CC2CC2)c1. The van der Waals surface area contributed by atoms with Gasteiger partial charge >= 0.3 is 0 Å². The van der Waals surface area contributed by atoms with E-state index in [0.29, 0.717) is 28.9 Å². The Morgan fingerprint density at radius 2 is 2.12 bits per heavy atom. The number of thiazole rings is 1. The van der Waals surface area contributed by atoms with E-state index in [1.165, 1.54) is 11.3 Å². The number of ether oxygens (including phenoxy) is 1. The molecule has 0 saturated heterocycles. The van der Waals surface area contributed by atoms with Crippen molar-refractivity contribution in [2.75, 3.05) is 25.5 Å². The number of nitrogens with zero attached hydrogens (tertiary/aromatic N) is 2. The van der Waals surface area contributed by atoms with E-state index in [1.54, 1.807) is 36.3 Å². The Labute approximate surface area is 157 Å². The normalized spacial score (nSPS) is 13.3. The summed E-state index contributed by atoms with van der Waals surface area (Å²) in [6.07, 6.45) is 2.21. The van der Waals surface area contributed by atoms with Crippen molar-refractivity contribution in [2.24, 2.45) is 5.92 Å². The number of benzene rings is 1. The predicted molar refractivity (Wildman–Crippen MR) is 102 cm³/mol. The molecule has 26 heavy (non-hydrogen) atoms. The summed E-state index contributed by atoms with van der Waals surface area (Å²) < 4.78 is 5.19. The topological polar surface area (TPSA) is 71.5 Å². The predicted octanol–water partition coefficient (Wildman–Crippen LogP) is 3.26. The lowest BCUT2D eigenvalue weighted by atomic mass is 10.1. The van der Waals surface area contributed by atoms with Crippen LogP contribution in [-0.4, -0.2) is 41.9 Å². The summed E-state index contributed by atoms with van der Waals surface area (Å²) in [6.45, 7) is 4.49. The van der Waals surface area contributed by atoms with Crippen LogP contribution in [0.5, 0.6) is 5.75 Å². The van der Waals surface area contributed by atoms with E-state index in [2.05, 4.69) is 10.3 Å². The minimum atomic E-state index is -0.226. The van der Waals surface area contributed by atoms with E-state index in [0.717, 1.165) is 23.4 Å². The van der Waals surface area contributed by atoms with Crippen molar-refractivity contribution in [1.29, 1.82) is 0 Å². The van der Waals surface area contributed by atoms with Gasteiger partial charge in [-0.25, -0.2) is 4.98 Å². The van der Waals surface area contributed by atoms with Gasteiger partial charge in [0, 0.05) is 17.0 Å². The molecule has 1 N–H and O–H groups in total. The molecule has 0 radical (unpaired) electrons. The number of carbonyl (C=O) groups is 2. The molecule has 1 aromatic carbocycles. The van der Waals surface area contributed by atoms with Gasteiger partial charge in [0.15, 0.2) is 5.13 Å². The van der Waals surface area contributed by atoms with E-state index < -0.39 is 0 Å². The molecule has 138 valence electrons. The Bertz CT molecular complexity index is 795. The van der Waals surface area contributed by atoms with Crippen molar-refractivity contribution >= 4 is 28.3 Å². The number of hydrogen-bond donors (Lipinski definition) is 1. The Balaban J connectivity index is 1.70. The van der Waals surface area contributed by atoms with Crippen molar-refractivity contribution in [3.8, 4) is 5.75 Å². The summed E-state index contributed by atoms with van der Waals surface area (Å²) in [5.74, 6) is 0.732. The molecule has 0 atom stereocenters. The molecule has 1 fully saturated rings. The average molecular weight is 373 g/mol. The molecule has 1 heterocycles. The lowest BCUT2D eigenvalue weighted by Crippen LogP contribution is -2.39. The first-order valence-corrected chi connectivity index (χ1v) is 9.45. The third-order valence-corrected chi connectivity index (χ3v) is 5.38. The lowest BCUT2D eigenvalue weighted by Gasteiger charge is -2.22. The van der Waals surface area contributed by atoms with Crippen LogP contribution in [0.4, 0.5) is 5.13 Å². The summed E-state index contributed by atoms with van der Waals surface area (Å²) >= 11 is 1.44. The molecule has 2 aromatic rings.